The standard InChI is InChI=1S/C17H21ClN4O3/c18-13-3-1-2-4-14(13)21-7-9-22(10-8-21)15(23)11-19-16(24)17(25)20-12-5-6-12/h1-4,12H,5-11H2,(H,19,24)(H,20,25). The Bertz CT molecular complexity index is 670. The van der Waals surface area contributed by atoms with Gasteiger partial charge in [0, 0.05) is 32.2 Å². The summed E-state index contributed by atoms with van der Waals surface area (Å²) in [7, 11) is 0. The number of carbonyl (C=O) groups excluding carboxylic acids is 3. The van der Waals surface area contributed by atoms with Crippen LogP contribution >= 0.6 is 11.6 Å². The molecule has 2 N–H and O–H groups in total. The highest BCUT2D eigenvalue weighted by atomic mass is 35.5. The highest BCUT2D eigenvalue weighted by molar-refractivity contribution is 6.35. The number of benzene rings is 1. The van der Waals surface area contributed by atoms with E-state index in [9.17, 15) is 14.4 Å². The first-order valence-corrected chi connectivity index (χ1v) is 8.78. The Morgan fingerprint density at radius 3 is 2.36 bits per heavy atom. The Kier molecular flexibility index (Phi) is 5.43. The van der Waals surface area contributed by atoms with Crippen molar-refractivity contribution in [1.29, 1.82) is 0 Å². The molecule has 1 aliphatic carbocycles. The zero-order chi connectivity index (χ0) is 17.8. The third-order valence-corrected chi connectivity index (χ3v) is 4.66. The maximum Gasteiger partial charge on any atom is 0.309 e. The van der Waals surface area contributed by atoms with Crippen molar-refractivity contribution in [3.05, 3.63) is 29.3 Å². The normalized spacial score (nSPS) is 17.2. The predicted molar refractivity (Wildman–Crippen MR) is 94.4 cm³/mol. The van der Waals surface area contributed by atoms with Gasteiger partial charge in [0.25, 0.3) is 0 Å². The summed E-state index contributed by atoms with van der Waals surface area (Å²) in [6.07, 6.45) is 1.82. The number of hydrogen-bond donors (Lipinski definition) is 2. The molecule has 3 amide bonds. The van der Waals surface area contributed by atoms with Crippen molar-refractivity contribution in [3.8, 4) is 0 Å². The van der Waals surface area contributed by atoms with Crippen LogP contribution in [0.2, 0.25) is 5.02 Å². The van der Waals surface area contributed by atoms with Crippen molar-refractivity contribution in [2.24, 2.45) is 0 Å². The fourth-order valence-corrected chi connectivity index (χ4v) is 2.99. The van der Waals surface area contributed by atoms with Crippen LogP contribution in [0.15, 0.2) is 24.3 Å². The molecule has 0 aromatic heterocycles. The lowest BCUT2D eigenvalue weighted by Gasteiger charge is -2.36. The zero-order valence-corrected chi connectivity index (χ0v) is 14.6. The first-order chi connectivity index (χ1) is 12.0. The molecule has 0 bridgehead atoms. The Labute approximate surface area is 151 Å². The van der Waals surface area contributed by atoms with Crippen LogP contribution in [0.3, 0.4) is 0 Å². The third-order valence-electron chi connectivity index (χ3n) is 4.34. The number of hydrogen-bond acceptors (Lipinski definition) is 4. The molecule has 0 unspecified atom stereocenters. The third kappa shape index (κ3) is 4.63. The Morgan fingerprint density at radius 1 is 1.04 bits per heavy atom. The summed E-state index contributed by atoms with van der Waals surface area (Å²) in [5.41, 5.74) is 0.960. The average Bonchev–Trinajstić information content (AvgIpc) is 3.44. The van der Waals surface area contributed by atoms with Crippen molar-refractivity contribution < 1.29 is 14.4 Å². The van der Waals surface area contributed by atoms with E-state index >= 15 is 0 Å². The van der Waals surface area contributed by atoms with Crippen LogP contribution in [0.4, 0.5) is 5.69 Å². The smallest absolute Gasteiger partial charge is 0.309 e. The number of nitrogens with zero attached hydrogens (tertiary/aromatic N) is 2. The van der Waals surface area contributed by atoms with Crippen molar-refractivity contribution in [2.45, 2.75) is 18.9 Å². The molecule has 1 saturated heterocycles. The lowest BCUT2D eigenvalue weighted by molar-refractivity contribution is -0.140. The predicted octanol–water partition coefficient (Wildman–Crippen LogP) is 0.383. The number of para-hydroxylation sites is 1. The van der Waals surface area contributed by atoms with E-state index in [1.54, 1.807) is 4.90 Å². The van der Waals surface area contributed by atoms with Gasteiger partial charge in [0.05, 0.1) is 17.3 Å². The van der Waals surface area contributed by atoms with Gasteiger partial charge in [0.2, 0.25) is 5.91 Å². The minimum absolute atomic E-state index is 0.117. The van der Waals surface area contributed by atoms with Gasteiger partial charge in [0.1, 0.15) is 0 Å². The van der Waals surface area contributed by atoms with E-state index in [4.69, 9.17) is 11.6 Å². The lowest BCUT2D eigenvalue weighted by Crippen LogP contribution is -2.52. The van der Waals surface area contributed by atoms with Gasteiger partial charge >= 0.3 is 11.8 Å². The van der Waals surface area contributed by atoms with Crippen LogP contribution in [-0.2, 0) is 14.4 Å². The number of halogens is 1. The van der Waals surface area contributed by atoms with Crippen molar-refractivity contribution in [3.63, 3.8) is 0 Å². The Hall–Kier alpha value is -2.28. The summed E-state index contributed by atoms with van der Waals surface area (Å²) in [6.45, 7) is 2.28. The Morgan fingerprint density at radius 2 is 1.72 bits per heavy atom. The van der Waals surface area contributed by atoms with Gasteiger partial charge in [-0.1, -0.05) is 23.7 Å². The molecular formula is C17H21ClN4O3. The Balaban J connectivity index is 1.43. The largest absolute Gasteiger partial charge is 0.367 e. The second-order valence-electron chi connectivity index (χ2n) is 6.25. The minimum Gasteiger partial charge on any atom is -0.367 e. The van der Waals surface area contributed by atoms with E-state index in [-0.39, 0.29) is 18.5 Å². The SMILES string of the molecule is O=C(NCC(=O)N1CCN(c2ccccc2Cl)CC1)C(=O)NC1CC1. The van der Waals surface area contributed by atoms with Gasteiger partial charge in [-0.3, -0.25) is 14.4 Å². The molecule has 0 radical (unpaired) electrons. The van der Waals surface area contributed by atoms with Crippen LogP contribution in [0.25, 0.3) is 0 Å². The van der Waals surface area contributed by atoms with Crippen LogP contribution < -0.4 is 15.5 Å². The number of nitrogens with one attached hydrogen (secondary N) is 2. The molecule has 1 saturated carbocycles. The first-order valence-electron chi connectivity index (χ1n) is 8.40. The number of anilines is 1. The maximum atomic E-state index is 12.2. The van der Waals surface area contributed by atoms with E-state index in [0.717, 1.165) is 18.5 Å². The van der Waals surface area contributed by atoms with Gasteiger partial charge in [-0.05, 0) is 25.0 Å². The number of piperazine rings is 1. The molecule has 3 rings (SSSR count). The maximum absolute atomic E-state index is 12.2. The highest BCUT2D eigenvalue weighted by Crippen LogP contribution is 2.25. The molecule has 0 atom stereocenters. The second-order valence-corrected chi connectivity index (χ2v) is 6.66. The van der Waals surface area contributed by atoms with E-state index < -0.39 is 11.8 Å². The number of rotatable bonds is 4. The summed E-state index contributed by atoms with van der Waals surface area (Å²) in [5.74, 6) is -1.61. The molecule has 0 spiro atoms. The lowest BCUT2D eigenvalue weighted by atomic mass is 10.2. The molecule has 7 nitrogen and oxygen atoms in total. The number of carbonyl (C=O) groups is 3. The van der Waals surface area contributed by atoms with Gasteiger partial charge in [-0.15, -0.1) is 0 Å². The van der Waals surface area contributed by atoms with Crippen LogP contribution in [0, 0.1) is 0 Å². The van der Waals surface area contributed by atoms with Crippen LogP contribution in [0.1, 0.15) is 12.8 Å². The topological polar surface area (TPSA) is 81.8 Å². The molecule has 134 valence electrons. The van der Waals surface area contributed by atoms with E-state index in [0.29, 0.717) is 31.2 Å². The van der Waals surface area contributed by atoms with E-state index in [1.165, 1.54) is 0 Å². The summed E-state index contributed by atoms with van der Waals surface area (Å²) in [6, 6.07) is 7.73. The summed E-state index contributed by atoms with van der Waals surface area (Å²) < 4.78 is 0. The fourth-order valence-electron chi connectivity index (χ4n) is 2.73. The van der Waals surface area contributed by atoms with Gasteiger partial charge in [-0.2, -0.15) is 0 Å². The van der Waals surface area contributed by atoms with Gasteiger partial charge in [0.15, 0.2) is 0 Å². The van der Waals surface area contributed by atoms with Gasteiger partial charge < -0.3 is 20.4 Å². The molecule has 2 fully saturated rings. The second kappa shape index (κ2) is 7.74. The highest BCUT2D eigenvalue weighted by Gasteiger charge is 2.27. The van der Waals surface area contributed by atoms with Crippen LogP contribution in [0.5, 0.6) is 0 Å². The van der Waals surface area contributed by atoms with Crippen molar-refractivity contribution in [2.75, 3.05) is 37.6 Å². The quantitative estimate of drug-likeness (QED) is 0.757. The van der Waals surface area contributed by atoms with Crippen molar-refractivity contribution in [1.82, 2.24) is 15.5 Å². The molecule has 8 heteroatoms. The molecule has 1 aliphatic heterocycles. The summed E-state index contributed by atoms with van der Waals surface area (Å²) in [5, 5.41) is 5.67. The minimum atomic E-state index is -0.755. The molecule has 2 aliphatic rings. The zero-order valence-electron chi connectivity index (χ0n) is 13.8. The molecule has 1 aromatic carbocycles. The van der Waals surface area contributed by atoms with E-state index in [1.807, 2.05) is 24.3 Å². The number of amides is 3. The molecular weight excluding hydrogens is 344 g/mol. The average molecular weight is 365 g/mol. The monoisotopic (exact) mass is 364 g/mol. The summed E-state index contributed by atoms with van der Waals surface area (Å²) >= 11 is 6.20. The molecule has 1 aromatic rings. The van der Waals surface area contributed by atoms with Crippen molar-refractivity contribution >= 4 is 35.0 Å². The molecule has 25 heavy (non-hydrogen) atoms. The van der Waals surface area contributed by atoms with Gasteiger partial charge in [-0.25, -0.2) is 0 Å². The fraction of sp³-hybridized carbons (Fsp3) is 0.471. The van der Waals surface area contributed by atoms with E-state index in [2.05, 4.69) is 15.5 Å². The van der Waals surface area contributed by atoms with Crippen LogP contribution in [-0.4, -0.2) is 61.4 Å². The molecule has 1 heterocycles. The summed E-state index contributed by atoms with van der Waals surface area (Å²) in [4.78, 5) is 39.2. The first kappa shape index (κ1) is 17.5.